The van der Waals surface area contributed by atoms with E-state index in [-0.39, 0.29) is 24.1 Å². The highest BCUT2D eigenvalue weighted by Crippen LogP contribution is 2.39. The number of nitrogens with two attached hydrogens (primary N) is 1. The van der Waals surface area contributed by atoms with E-state index in [1.807, 2.05) is 107 Å². The van der Waals surface area contributed by atoms with Gasteiger partial charge in [0.15, 0.2) is 0 Å². The third-order valence-corrected chi connectivity index (χ3v) is 8.87. The van der Waals surface area contributed by atoms with E-state index >= 15 is 0 Å². The summed E-state index contributed by atoms with van der Waals surface area (Å²) >= 11 is 0. The first-order valence-corrected chi connectivity index (χ1v) is 15.0. The molecule has 2 aliphatic rings. The van der Waals surface area contributed by atoms with Crippen molar-refractivity contribution in [1.82, 2.24) is 20.8 Å². The van der Waals surface area contributed by atoms with Gasteiger partial charge in [0.2, 0.25) is 0 Å². The van der Waals surface area contributed by atoms with Crippen molar-refractivity contribution < 1.29 is 19.9 Å². The molecule has 2 amide bonds. The van der Waals surface area contributed by atoms with Gasteiger partial charge in [-0.3, -0.25) is 0 Å². The fourth-order valence-corrected chi connectivity index (χ4v) is 7.05. The van der Waals surface area contributed by atoms with Gasteiger partial charge >= 0.3 is 6.03 Å². The van der Waals surface area contributed by atoms with Crippen LogP contribution in [0.4, 0.5) is 4.79 Å². The minimum Gasteiger partial charge on any atom is -0.455 e. The maximum atomic E-state index is 13.1. The minimum absolute atomic E-state index is 0.0908. The third kappa shape index (κ3) is 7.56. The van der Waals surface area contributed by atoms with E-state index in [1.54, 1.807) is 0 Å². The van der Waals surface area contributed by atoms with Gasteiger partial charge in [-0.05, 0) is 126 Å². The summed E-state index contributed by atoms with van der Waals surface area (Å²) in [6.07, 6.45) is 2.32. The Bertz CT molecular complexity index is 1140. The van der Waals surface area contributed by atoms with E-state index < -0.39 is 33.3 Å². The first-order chi connectivity index (χ1) is 18.9. The number of nitrogens with zero attached hydrogens (tertiary/aromatic N) is 3. The molecular formula is C32H54N6O4. The highest BCUT2D eigenvalue weighted by atomic mass is 16.5. The third-order valence-electron chi connectivity index (χ3n) is 8.87. The zero-order valence-electron chi connectivity index (χ0n) is 27.8. The lowest BCUT2D eigenvalue weighted by atomic mass is 9.79. The van der Waals surface area contributed by atoms with Crippen LogP contribution >= 0.6 is 0 Å². The number of carbonyl (C=O) groups excluding carboxylic acids is 1. The number of nitrogens with one attached hydrogen (secondary N) is 2. The number of benzene rings is 1. The molecule has 2 saturated heterocycles. The first-order valence-electron chi connectivity index (χ1n) is 15.0. The molecule has 0 saturated carbocycles. The summed E-state index contributed by atoms with van der Waals surface area (Å²) in [4.78, 5) is 17.8. The molecule has 42 heavy (non-hydrogen) atoms. The van der Waals surface area contributed by atoms with Crippen LogP contribution < -0.4 is 16.4 Å². The van der Waals surface area contributed by atoms with E-state index in [1.165, 1.54) is 5.06 Å². The molecule has 2 heterocycles. The van der Waals surface area contributed by atoms with E-state index in [0.29, 0.717) is 25.7 Å². The SMILES string of the molecule is CC(C)(NC(=O)NC1CC(C)(C)N([O])C(C)(C)C1)c1cccc(C(C)(C)OC(N)=NC2CC(C)(C)N([O])C(C)(C)C2)c1. The van der Waals surface area contributed by atoms with Gasteiger partial charge in [0.1, 0.15) is 5.60 Å². The lowest BCUT2D eigenvalue weighted by Gasteiger charge is -2.50. The molecule has 0 bridgehead atoms. The molecule has 236 valence electrons. The Morgan fingerprint density at radius 3 is 1.81 bits per heavy atom. The number of amidine groups is 1. The molecule has 1 aromatic rings. The number of aliphatic imine (C=N–C) groups is 1. The largest absolute Gasteiger partial charge is 0.455 e. The van der Waals surface area contributed by atoms with Gasteiger partial charge < -0.3 is 21.1 Å². The average Bonchev–Trinajstić information content (AvgIpc) is 2.79. The number of carbonyl (C=O) groups is 1. The van der Waals surface area contributed by atoms with Crippen LogP contribution in [0.15, 0.2) is 29.3 Å². The van der Waals surface area contributed by atoms with Crippen LogP contribution in [-0.4, -0.2) is 56.4 Å². The maximum Gasteiger partial charge on any atom is 0.315 e. The minimum atomic E-state index is -0.796. The van der Waals surface area contributed by atoms with Gasteiger partial charge in [-0.2, -0.15) is 0 Å². The molecule has 0 atom stereocenters. The van der Waals surface area contributed by atoms with Crippen molar-refractivity contribution >= 4 is 12.1 Å². The standard InChI is InChI=1S/C32H54N6O4/c1-27(2)17-23(18-28(3,4)37(27)40)34-25(33)42-32(11,12)22-15-13-14-21(16-22)31(9,10)36-26(39)35-24-19-29(5,6)38(41)30(7,8)20-24/h13-16,23-24H,17-20H2,1-12H3,(H2,33,34)(H2,35,36,39). The summed E-state index contributed by atoms with van der Waals surface area (Å²) in [7, 11) is 0. The predicted molar refractivity (Wildman–Crippen MR) is 164 cm³/mol. The van der Waals surface area contributed by atoms with Gasteiger partial charge in [0.25, 0.3) is 6.02 Å². The average molecular weight is 587 g/mol. The molecule has 0 spiro atoms. The number of hydroxylamine groups is 4. The van der Waals surface area contributed by atoms with Gasteiger partial charge in [-0.1, -0.05) is 18.2 Å². The number of rotatable bonds is 6. The second-order valence-corrected chi connectivity index (χ2v) is 15.9. The number of amides is 2. The van der Waals surface area contributed by atoms with Gasteiger partial charge in [0.05, 0.1) is 11.6 Å². The molecule has 2 fully saturated rings. The summed E-state index contributed by atoms with van der Waals surface area (Å²) in [5.74, 6) is 0. The van der Waals surface area contributed by atoms with Crippen LogP contribution in [0.25, 0.3) is 0 Å². The van der Waals surface area contributed by atoms with Crippen LogP contribution in [0.2, 0.25) is 0 Å². The van der Waals surface area contributed by atoms with Gasteiger partial charge in [-0.25, -0.2) is 9.79 Å². The van der Waals surface area contributed by atoms with Crippen LogP contribution in [0.1, 0.15) is 120 Å². The number of hydrogen-bond donors (Lipinski definition) is 3. The summed E-state index contributed by atoms with van der Waals surface area (Å²) in [6, 6.07) is 7.47. The molecule has 10 nitrogen and oxygen atoms in total. The molecule has 0 aliphatic carbocycles. The lowest BCUT2D eigenvalue weighted by Crippen LogP contribution is -2.63. The zero-order valence-corrected chi connectivity index (χ0v) is 27.8. The van der Waals surface area contributed by atoms with Crippen molar-refractivity contribution in [2.75, 3.05) is 0 Å². The molecule has 4 N–H and O–H groups in total. The quantitative estimate of drug-likeness (QED) is 0.298. The molecule has 1 aromatic carbocycles. The smallest absolute Gasteiger partial charge is 0.315 e. The number of ether oxygens (including phenoxy) is 1. The van der Waals surface area contributed by atoms with Crippen molar-refractivity contribution in [2.24, 2.45) is 10.7 Å². The van der Waals surface area contributed by atoms with Crippen molar-refractivity contribution in [2.45, 2.75) is 154 Å². The fourth-order valence-electron chi connectivity index (χ4n) is 7.05. The molecular weight excluding hydrogens is 532 g/mol. The topological polar surface area (TPSA) is 135 Å². The molecule has 2 radical (unpaired) electrons. The second-order valence-electron chi connectivity index (χ2n) is 15.9. The molecule has 10 heteroatoms. The first kappa shape index (κ1) is 34.1. The fraction of sp³-hybridized carbons (Fsp3) is 0.750. The van der Waals surface area contributed by atoms with E-state index in [4.69, 9.17) is 10.5 Å². The van der Waals surface area contributed by atoms with E-state index in [9.17, 15) is 15.2 Å². The summed E-state index contributed by atoms with van der Waals surface area (Å²) in [6.45, 7) is 23.2. The highest BCUT2D eigenvalue weighted by molar-refractivity contribution is 5.75. The number of piperidine rings is 2. The predicted octanol–water partition coefficient (Wildman–Crippen LogP) is 5.52. The normalized spacial score (nSPS) is 23.8. The second kappa shape index (κ2) is 11.3. The summed E-state index contributed by atoms with van der Waals surface area (Å²) in [5, 5.41) is 34.0. The Morgan fingerprint density at radius 2 is 1.31 bits per heavy atom. The Morgan fingerprint density at radius 1 is 0.857 bits per heavy atom. The molecule has 0 aromatic heterocycles. The highest BCUT2D eigenvalue weighted by Gasteiger charge is 2.47. The Balaban J connectivity index is 1.70. The summed E-state index contributed by atoms with van der Waals surface area (Å²) < 4.78 is 6.19. The number of urea groups is 1. The molecule has 0 unspecified atom stereocenters. The van der Waals surface area contributed by atoms with E-state index in [0.717, 1.165) is 16.2 Å². The van der Waals surface area contributed by atoms with Gasteiger partial charge in [0, 0.05) is 28.2 Å². The van der Waals surface area contributed by atoms with Crippen molar-refractivity contribution in [3.05, 3.63) is 35.4 Å². The van der Waals surface area contributed by atoms with Crippen LogP contribution in [-0.2, 0) is 26.3 Å². The lowest BCUT2D eigenvalue weighted by molar-refractivity contribution is -0.289. The van der Waals surface area contributed by atoms with Crippen molar-refractivity contribution in [3.63, 3.8) is 0 Å². The van der Waals surface area contributed by atoms with E-state index in [2.05, 4.69) is 15.6 Å². The molecule has 3 rings (SSSR count). The summed E-state index contributed by atoms with van der Waals surface area (Å²) in [5.41, 5.74) is 4.38. The Kier molecular flexibility index (Phi) is 9.14. The Hall–Kier alpha value is -2.40. The maximum absolute atomic E-state index is 13.1. The van der Waals surface area contributed by atoms with Crippen LogP contribution in [0, 0.1) is 0 Å². The van der Waals surface area contributed by atoms with Crippen molar-refractivity contribution in [3.8, 4) is 0 Å². The molecule has 2 aliphatic heterocycles. The van der Waals surface area contributed by atoms with Crippen molar-refractivity contribution in [1.29, 1.82) is 0 Å². The van der Waals surface area contributed by atoms with Gasteiger partial charge in [-0.15, -0.1) is 20.5 Å². The zero-order chi connectivity index (χ0) is 32.1. The van der Waals surface area contributed by atoms with Crippen LogP contribution in [0.5, 0.6) is 0 Å². The Labute approximate surface area is 253 Å². The number of hydrogen-bond acceptors (Lipinski definition) is 5. The monoisotopic (exact) mass is 586 g/mol. The van der Waals surface area contributed by atoms with Crippen LogP contribution in [0.3, 0.4) is 0 Å².